The maximum Gasteiger partial charge on any atom is 0.256 e. The highest BCUT2D eigenvalue weighted by molar-refractivity contribution is 7.98. The Kier molecular flexibility index (Phi) is 5.13. The number of carbonyl (C=O) groups is 1. The van der Waals surface area contributed by atoms with E-state index in [9.17, 15) is 4.79 Å². The van der Waals surface area contributed by atoms with Gasteiger partial charge in [-0.15, -0.1) is 0 Å². The fourth-order valence-corrected chi connectivity index (χ4v) is 4.48. The molecule has 1 amide bonds. The van der Waals surface area contributed by atoms with Gasteiger partial charge in [0.25, 0.3) is 5.91 Å². The number of aryl methyl sites for hydroxylation is 2. The normalized spacial score (nSPS) is 12.7. The van der Waals surface area contributed by atoms with Crippen molar-refractivity contribution < 1.29 is 9.53 Å². The smallest absolute Gasteiger partial charge is 0.256 e. The van der Waals surface area contributed by atoms with Gasteiger partial charge in [0.05, 0.1) is 18.0 Å². The lowest BCUT2D eigenvalue weighted by Gasteiger charge is -2.13. The number of thioether (sulfide) groups is 1. The average Bonchev–Trinajstić information content (AvgIpc) is 3.24. The van der Waals surface area contributed by atoms with Crippen molar-refractivity contribution in [3.8, 4) is 11.4 Å². The van der Waals surface area contributed by atoms with Crippen LogP contribution in [0.25, 0.3) is 5.69 Å². The highest BCUT2D eigenvalue weighted by Gasteiger charge is 2.25. The minimum Gasteiger partial charge on any atom is -0.494 e. The fraction of sp³-hybridized carbons (Fsp3) is 0.273. The second kappa shape index (κ2) is 7.72. The van der Waals surface area contributed by atoms with E-state index >= 15 is 0 Å². The third kappa shape index (κ3) is 3.64. The molecule has 0 radical (unpaired) electrons. The fourth-order valence-electron chi connectivity index (χ4n) is 3.45. The standard InChI is InChI=1S/C22H23N3O2S/c1-4-27-18-7-5-16(6-8-18)22(26)23-21-19-12-28-13-20(19)24-25(21)17-10-14(2)9-15(3)11-17/h5-11H,4,12-13H2,1-3H3,(H,23,26). The summed E-state index contributed by atoms with van der Waals surface area (Å²) < 4.78 is 7.33. The number of amides is 1. The van der Waals surface area contributed by atoms with Gasteiger partial charge in [-0.1, -0.05) is 6.07 Å². The van der Waals surface area contributed by atoms with E-state index in [1.165, 1.54) is 11.1 Å². The molecule has 0 spiro atoms. The molecular weight excluding hydrogens is 370 g/mol. The minimum absolute atomic E-state index is 0.145. The summed E-state index contributed by atoms with van der Waals surface area (Å²) in [6.07, 6.45) is 0. The molecule has 0 fully saturated rings. The zero-order chi connectivity index (χ0) is 19.7. The SMILES string of the molecule is CCOc1ccc(C(=O)Nc2c3c(nn2-c2cc(C)cc(C)c2)CSC3)cc1. The minimum atomic E-state index is -0.145. The van der Waals surface area contributed by atoms with Crippen LogP contribution in [0.5, 0.6) is 5.75 Å². The summed E-state index contributed by atoms with van der Waals surface area (Å²) in [5.41, 5.74) is 6.07. The van der Waals surface area contributed by atoms with Crippen LogP contribution in [0.3, 0.4) is 0 Å². The third-order valence-corrected chi connectivity index (χ3v) is 5.63. The lowest BCUT2D eigenvalue weighted by atomic mass is 10.1. The molecule has 1 N–H and O–H groups in total. The maximum atomic E-state index is 12.9. The van der Waals surface area contributed by atoms with E-state index in [2.05, 4.69) is 37.4 Å². The van der Waals surface area contributed by atoms with Crippen molar-refractivity contribution in [3.05, 3.63) is 70.4 Å². The Balaban J connectivity index is 1.68. The van der Waals surface area contributed by atoms with Gasteiger partial charge in [0, 0.05) is 22.6 Å². The molecule has 4 rings (SSSR count). The van der Waals surface area contributed by atoms with Crippen LogP contribution in [0.15, 0.2) is 42.5 Å². The first-order valence-corrected chi connectivity index (χ1v) is 10.5. The lowest BCUT2D eigenvalue weighted by molar-refractivity contribution is 0.102. The van der Waals surface area contributed by atoms with Gasteiger partial charge in [-0.2, -0.15) is 16.9 Å². The summed E-state index contributed by atoms with van der Waals surface area (Å²) in [7, 11) is 0. The van der Waals surface area contributed by atoms with Crippen molar-refractivity contribution in [2.45, 2.75) is 32.3 Å². The molecule has 0 saturated carbocycles. The van der Waals surface area contributed by atoms with E-state index in [-0.39, 0.29) is 5.91 Å². The van der Waals surface area contributed by atoms with Gasteiger partial charge in [-0.25, -0.2) is 4.68 Å². The van der Waals surface area contributed by atoms with Crippen LogP contribution < -0.4 is 10.1 Å². The van der Waals surface area contributed by atoms with Crippen molar-refractivity contribution >= 4 is 23.5 Å². The van der Waals surface area contributed by atoms with Gasteiger partial charge in [0.15, 0.2) is 0 Å². The van der Waals surface area contributed by atoms with Crippen molar-refractivity contribution in [1.29, 1.82) is 0 Å². The Morgan fingerprint density at radius 2 is 1.86 bits per heavy atom. The van der Waals surface area contributed by atoms with Crippen LogP contribution in [-0.4, -0.2) is 22.3 Å². The summed E-state index contributed by atoms with van der Waals surface area (Å²) in [6.45, 7) is 6.68. The molecule has 6 heteroatoms. The molecule has 28 heavy (non-hydrogen) atoms. The van der Waals surface area contributed by atoms with Crippen LogP contribution >= 0.6 is 11.8 Å². The maximum absolute atomic E-state index is 12.9. The zero-order valence-electron chi connectivity index (χ0n) is 16.3. The monoisotopic (exact) mass is 393 g/mol. The van der Waals surface area contributed by atoms with Crippen LogP contribution in [0.4, 0.5) is 5.82 Å². The average molecular weight is 394 g/mol. The second-order valence-corrected chi connectivity index (χ2v) is 7.92. The molecule has 3 aromatic rings. The van der Waals surface area contributed by atoms with Gasteiger partial charge >= 0.3 is 0 Å². The number of benzene rings is 2. The van der Waals surface area contributed by atoms with E-state index in [1.807, 2.05) is 35.5 Å². The van der Waals surface area contributed by atoms with Crippen LogP contribution in [0.1, 0.15) is 39.7 Å². The number of anilines is 1. The van der Waals surface area contributed by atoms with Crippen molar-refractivity contribution in [1.82, 2.24) is 9.78 Å². The Hall–Kier alpha value is -2.73. The van der Waals surface area contributed by atoms with Gasteiger partial charge in [0.2, 0.25) is 0 Å². The molecule has 1 aromatic heterocycles. The molecule has 1 aliphatic heterocycles. The van der Waals surface area contributed by atoms with E-state index in [0.717, 1.165) is 40.0 Å². The number of fused-ring (bicyclic) bond motifs is 1. The van der Waals surface area contributed by atoms with Gasteiger partial charge in [-0.3, -0.25) is 4.79 Å². The number of hydrogen-bond donors (Lipinski definition) is 1. The van der Waals surface area contributed by atoms with Crippen molar-refractivity contribution in [3.63, 3.8) is 0 Å². The number of nitrogens with one attached hydrogen (secondary N) is 1. The predicted molar refractivity (Wildman–Crippen MR) is 114 cm³/mol. The quantitative estimate of drug-likeness (QED) is 0.671. The summed E-state index contributed by atoms with van der Waals surface area (Å²) in [6, 6.07) is 13.5. The molecule has 0 unspecified atom stereocenters. The molecular formula is C22H23N3O2S. The molecule has 0 aliphatic carbocycles. The second-order valence-electron chi connectivity index (χ2n) is 6.94. The summed E-state index contributed by atoms with van der Waals surface area (Å²) in [5, 5.41) is 7.89. The molecule has 5 nitrogen and oxygen atoms in total. The number of ether oxygens (including phenoxy) is 1. The number of nitrogens with zero attached hydrogens (tertiary/aromatic N) is 2. The topological polar surface area (TPSA) is 56.1 Å². The Morgan fingerprint density at radius 3 is 2.54 bits per heavy atom. The number of aromatic nitrogens is 2. The number of hydrogen-bond acceptors (Lipinski definition) is 4. The Labute approximate surface area is 169 Å². The Morgan fingerprint density at radius 1 is 1.14 bits per heavy atom. The molecule has 0 atom stereocenters. The first-order valence-electron chi connectivity index (χ1n) is 9.36. The van der Waals surface area contributed by atoms with Crippen LogP contribution in [0, 0.1) is 13.8 Å². The third-order valence-electron chi connectivity index (χ3n) is 4.66. The summed E-state index contributed by atoms with van der Waals surface area (Å²) in [5.74, 6) is 3.12. The predicted octanol–water partition coefficient (Wildman–Crippen LogP) is 4.89. The highest BCUT2D eigenvalue weighted by atomic mass is 32.2. The first-order chi connectivity index (χ1) is 13.5. The Bertz CT molecular complexity index is 1000. The number of rotatable bonds is 5. The summed E-state index contributed by atoms with van der Waals surface area (Å²) in [4.78, 5) is 12.9. The van der Waals surface area contributed by atoms with E-state index < -0.39 is 0 Å². The molecule has 144 valence electrons. The van der Waals surface area contributed by atoms with Gasteiger partial charge in [-0.05, 0) is 68.3 Å². The lowest BCUT2D eigenvalue weighted by Crippen LogP contribution is -2.16. The zero-order valence-corrected chi connectivity index (χ0v) is 17.1. The molecule has 1 aliphatic rings. The molecule has 0 bridgehead atoms. The van der Waals surface area contributed by atoms with Gasteiger partial charge < -0.3 is 10.1 Å². The van der Waals surface area contributed by atoms with E-state index in [4.69, 9.17) is 9.84 Å². The van der Waals surface area contributed by atoms with Crippen molar-refractivity contribution in [2.75, 3.05) is 11.9 Å². The van der Waals surface area contributed by atoms with Crippen LogP contribution in [0.2, 0.25) is 0 Å². The molecule has 2 heterocycles. The van der Waals surface area contributed by atoms with E-state index in [1.54, 1.807) is 12.1 Å². The largest absolute Gasteiger partial charge is 0.494 e. The molecule has 2 aromatic carbocycles. The van der Waals surface area contributed by atoms with Gasteiger partial charge in [0.1, 0.15) is 11.6 Å². The molecule has 0 saturated heterocycles. The summed E-state index contributed by atoms with van der Waals surface area (Å²) >= 11 is 1.82. The first kappa shape index (κ1) is 18.6. The highest BCUT2D eigenvalue weighted by Crippen LogP contribution is 2.36. The van der Waals surface area contributed by atoms with E-state index in [0.29, 0.717) is 12.2 Å². The van der Waals surface area contributed by atoms with Crippen LogP contribution in [-0.2, 0) is 11.5 Å². The number of carbonyl (C=O) groups excluding carboxylic acids is 1. The van der Waals surface area contributed by atoms with Crippen molar-refractivity contribution in [2.24, 2.45) is 0 Å².